The van der Waals surface area contributed by atoms with Gasteiger partial charge in [-0.05, 0) is 44.7 Å². The minimum atomic E-state index is -0.679. The van der Waals surface area contributed by atoms with Crippen molar-refractivity contribution in [1.29, 1.82) is 0 Å². The average molecular weight is 493 g/mol. The van der Waals surface area contributed by atoms with E-state index < -0.39 is 5.91 Å². The molecule has 3 aromatic rings. The Balaban J connectivity index is 1.49. The molecule has 0 radical (unpaired) electrons. The first-order chi connectivity index (χ1) is 17.2. The van der Waals surface area contributed by atoms with E-state index in [4.69, 9.17) is 22.2 Å². The van der Waals surface area contributed by atoms with Crippen molar-refractivity contribution in [3.8, 4) is 11.4 Å². The molecule has 11 nitrogen and oxygen atoms in total. The Labute approximate surface area is 208 Å². The Hall–Kier alpha value is -3.86. The van der Waals surface area contributed by atoms with E-state index in [9.17, 15) is 14.7 Å². The second-order valence-electron chi connectivity index (χ2n) is 9.82. The van der Waals surface area contributed by atoms with Crippen molar-refractivity contribution < 1.29 is 14.7 Å². The van der Waals surface area contributed by atoms with Crippen molar-refractivity contribution in [1.82, 2.24) is 19.4 Å². The molecule has 1 aliphatic carbocycles. The molecule has 2 fully saturated rings. The molecule has 2 amide bonds. The highest BCUT2D eigenvalue weighted by atomic mass is 16.3. The van der Waals surface area contributed by atoms with E-state index in [0.717, 1.165) is 24.8 Å². The van der Waals surface area contributed by atoms with Crippen LogP contribution < -0.4 is 22.1 Å². The number of aromatic nitrogens is 3. The van der Waals surface area contributed by atoms with E-state index in [-0.39, 0.29) is 35.0 Å². The first kappa shape index (κ1) is 23.9. The van der Waals surface area contributed by atoms with Crippen molar-refractivity contribution in [3.63, 3.8) is 0 Å². The second-order valence-corrected chi connectivity index (χ2v) is 9.82. The molecular formula is C25H32N8O3. The predicted molar refractivity (Wildman–Crippen MR) is 137 cm³/mol. The fourth-order valence-electron chi connectivity index (χ4n) is 5.51. The van der Waals surface area contributed by atoms with Gasteiger partial charge in [-0.15, -0.1) is 0 Å². The molecule has 2 atom stereocenters. The molecule has 7 N–H and O–H groups in total. The van der Waals surface area contributed by atoms with Gasteiger partial charge in [-0.3, -0.25) is 14.2 Å². The van der Waals surface area contributed by atoms with E-state index >= 15 is 0 Å². The van der Waals surface area contributed by atoms with Gasteiger partial charge in [0.15, 0.2) is 5.65 Å². The second kappa shape index (κ2) is 8.98. The number of phenols is 1. The van der Waals surface area contributed by atoms with Crippen LogP contribution in [0.4, 0.5) is 11.8 Å². The number of nitrogens with zero attached hydrogens (tertiary/aromatic N) is 5. The van der Waals surface area contributed by atoms with E-state index in [1.165, 1.54) is 0 Å². The largest absolute Gasteiger partial charge is 0.508 e. The summed E-state index contributed by atoms with van der Waals surface area (Å²) in [5.74, 6) is 0.249. The van der Waals surface area contributed by atoms with Gasteiger partial charge < -0.3 is 32.1 Å². The van der Waals surface area contributed by atoms with Crippen LogP contribution in [0.3, 0.4) is 0 Å². The number of nitrogens with two attached hydrogens (primary N) is 3. The molecule has 3 heterocycles. The maximum Gasteiger partial charge on any atom is 0.253 e. The topological polar surface area (TPSA) is 170 Å². The van der Waals surface area contributed by atoms with Crippen molar-refractivity contribution in [3.05, 3.63) is 35.0 Å². The van der Waals surface area contributed by atoms with Gasteiger partial charge in [-0.25, -0.2) is 4.98 Å². The molecule has 5 rings (SSSR count). The lowest BCUT2D eigenvalue weighted by Gasteiger charge is -2.36. The predicted octanol–water partition coefficient (Wildman–Crippen LogP) is 1.20. The minimum absolute atomic E-state index is 0.0198. The lowest BCUT2D eigenvalue weighted by molar-refractivity contribution is -0.135. The van der Waals surface area contributed by atoms with Crippen LogP contribution in [-0.4, -0.2) is 68.6 Å². The standard InChI is InChI=1S/C25H32N8O3/c1-13-3-6-18(34)14(2)20(13)33-21(27)19(22(28)35)17-12-29-25(30-23(17)33)32-9-7-31(8-10-32)24(36)15-4-5-16(26)11-15/h3,6,12,15-16,34H,4-5,7-11,26-27H2,1-2H3,(H2,28,35)/t15-,16-/m0/s1. The number of anilines is 2. The Morgan fingerprint density at radius 1 is 1.11 bits per heavy atom. The van der Waals surface area contributed by atoms with E-state index in [1.807, 2.05) is 16.7 Å². The number of benzene rings is 1. The third-order valence-electron chi connectivity index (χ3n) is 7.50. The van der Waals surface area contributed by atoms with Gasteiger partial charge in [0.25, 0.3) is 5.91 Å². The molecule has 0 bridgehead atoms. The van der Waals surface area contributed by atoms with Crippen LogP contribution in [0.1, 0.15) is 40.7 Å². The van der Waals surface area contributed by atoms with Crippen LogP contribution in [-0.2, 0) is 4.79 Å². The average Bonchev–Trinajstić information content (AvgIpc) is 3.42. The van der Waals surface area contributed by atoms with Gasteiger partial charge in [-0.1, -0.05) is 6.07 Å². The molecule has 2 aliphatic rings. The summed E-state index contributed by atoms with van der Waals surface area (Å²) in [6.07, 6.45) is 4.08. The summed E-state index contributed by atoms with van der Waals surface area (Å²) in [5, 5.41) is 10.8. The number of fused-ring (bicyclic) bond motifs is 1. The Kier molecular flexibility index (Phi) is 5.95. The molecule has 190 valence electrons. The number of hydrogen-bond donors (Lipinski definition) is 4. The zero-order valence-electron chi connectivity index (χ0n) is 20.6. The van der Waals surface area contributed by atoms with Crippen LogP contribution >= 0.6 is 0 Å². The summed E-state index contributed by atoms with van der Waals surface area (Å²) >= 11 is 0. The van der Waals surface area contributed by atoms with Crippen LogP contribution in [0.15, 0.2) is 18.3 Å². The molecule has 0 spiro atoms. The number of hydrogen-bond acceptors (Lipinski definition) is 8. The third-order valence-corrected chi connectivity index (χ3v) is 7.50. The first-order valence-electron chi connectivity index (χ1n) is 12.2. The Bertz CT molecular complexity index is 1360. The maximum absolute atomic E-state index is 12.9. The van der Waals surface area contributed by atoms with Crippen LogP contribution in [0.5, 0.6) is 5.75 Å². The molecule has 1 aliphatic heterocycles. The normalized spacial score (nSPS) is 20.3. The monoisotopic (exact) mass is 492 g/mol. The van der Waals surface area contributed by atoms with Gasteiger partial charge >= 0.3 is 0 Å². The number of phenolic OH excluding ortho intramolecular Hbond substituents is 1. The maximum atomic E-state index is 12.9. The number of carbonyl (C=O) groups is 2. The fraction of sp³-hybridized carbons (Fsp3) is 0.440. The number of aryl methyl sites for hydroxylation is 1. The number of carbonyl (C=O) groups excluding carboxylic acids is 2. The molecule has 36 heavy (non-hydrogen) atoms. The van der Waals surface area contributed by atoms with Crippen molar-refractivity contribution in [2.75, 3.05) is 36.8 Å². The highest BCUT2D eigenvalue weighted by Crippen LogP contribution is 2.36. The molecule has 0 unspecified atom stereocenters. The van der Waals surface area contributed by atoms with Crippen LogP contribution in [0.25, 0.3) is 16.7 Å². The van der Waals surface area contributed by atoms with Crippen LogP contribution in [0.2, 0.25) is 0 Å². The number of aromatic hydroxyl groups is 1. The molecule has 1 saturated carbocycles. The quantitative estimate of drug-likeness (QED) is 0.421. The Morgan fingerprint density at radius 3 is 2.47 bits per heavy atom. The van der Waals surface area contributed by atoms with Gasteiger partial charge in [0.05, 0.1) is 16.6 Å². The summed E-state index contributed by atoms with van der Waals surface area (Å²) in [4.78, 5) is 38.4. The molecule has 1 saturated heterocycles. The van der Waals surface area contributed by atoms with Gasteiger partial charge in [0.2, 0.25) is 11.9 Å². The highest BCUT2D eigenvalue weighted by Gasteiger charge is 2.33. The van der Waals surface area contributed by atoms with Crippen molar-refractivity contribution >= 4 is 34.6 Å². The number of rotatable bonds is 4. The number of nitrogen functional groups attached to an aromatic ring is 1. The number of amides is 2. The summed E-state index contributed by atoms with van der Waals surface area (Å²) in [6, 6.07) is 3.52. The van der Waals surface area contributed by atoms with Crippen molar-refractivity contribution in [2.45, 2.75) is 39.2 Å². The molecule has 2 aromatic heterocycles. The van der Waals surface area contributed by atoms with Crippen molar-refractivity contribution in [2.24, 2.45) is 17.4 Å². The first-order valence-corrected chi connectivity index (χ1v) is 12.2. The summed E-state index contributed by atoms with van der Waals surface area (Å²) < 4.78 is 1.66. The zero-order chi connectivity index (χ0) is 25.7. The minimum Gasteiger partial charge on any atom is -0.508 e. The van der Waals surface area contributed by atoms with Gasteiger partial charge in [0.1, 0.15) is 11.6 Å². The van der Waals surface area contributed by atoms with Gasteiger partial charge in [-0.2, -0.15) is 4.98 Å². The van der Waals surface area contributed by atoms with Gasteiger partial charge in [0, 0.05) is 49.9 Å². The van der Waals surface area contributed by atoms with Crippen LogP contribution in [0, 0.1) is 19.8 Å². The van der Waals surface area contributed by atoms with E-state index in [0.29, 0.717) is 54.4 Å². The zero-order valence-corrected chi connectivity index (χ0v) is 20.6. The third kappa shape index (κ3) is 3.89. The fourth-order valence-corrected chi connectivity index (χ4v) is 5.51. The van der Waals surface area contributed by atoms with E-state index in [1.54, 1.807) is 29.8 Å². The lowest BCUT2D eigenvalue weighted by atomic mass is 10.1. The highest BCUT2D eigenvalue weighted by molar-refractivity contribution is 6.11. The molecule has 1 aromatic carbocycles. The summed E-state index contributed by atoms with van der Waals surface area (Å²) in [5.41, 5.74) is 20.8. The SMILES string of the molecule is Cc1ccc(O)c(C)c1-n1c(N)c(C(N)=O)c2cnc(N3CCN(C(=O)[C@H]4CC[C@H](N)C4)CC3)nc21. The Morgan fingerprint density at radius 2 is 1.83 bits per heavy atom. The summed E-state index contributed by atoms with van der Waals surface area (Å²) in [6.45, 7) is 5.99. The number of piperazine rings is 1. The smallest absolute Gasteiger partial charge is 0.253 e. The van der Waals surface area contributed by atoms with E-state index in [2.05, 4.69) is 4.98 Å². The summed E-state index contributed by atoms with van der Waals surface area (Å²) in [7, 11) is 0. The number of primary amides is 1. The lowest BCUT2D eigenvalue weighted by Crippen LogP contribution is -2.50. The molecular weight excluding hydrogens is 460 g/mol. The molecule has 11 heteroatoms.